The number of aliphatic carboxylic acids is 1. The van der Waals surface area contributed by atoms with Crippen LogP contribution in [-0.2, 0) is 9.53 Å². The number of anilines is 1. The number of aromatic nitrogens is 1. The number of hydrogen-bond acceptors (Lipinski definition) is 7. The number of pyridine rings is 1. The van der Waals surface area contributed by atoms with Gasteiger partial charge in [0.2, 0.25) is 0 Å². The van der Waals surface area contributed by atoms with Gasteiger partial charge in [-0.25, -0.2) is 9.59 Å². The summed E-state index contributed by atoms with van der Waals surface area (Å²) >= 11 is 3.14. The van der Waals surface area contributed by atoms with Gasteiger partial charge >= 0.3 is 17.9 Å². The second kappa shape index (κ2) is 8.10. The van der Waals surface area contributed by atoms with Crippen molar-refractivity contribution in [2.75, 3.05) is 5.32 Å². The van der Waals surface area contributed by atoms with Gasteiger partial charge in [0, 0.05) is 0 Å². The summed E-state index contributed by atoms with van der Waals surface area (Å²) in [6.45, 7) is 6.38. The molecule has 10 nitrogen and oxygen atoms in total. The molecule has 11 heteroatoms. The average molecular weight is 419 g/mol. The van der Waals surface area contributed by atoms with Crippen molar-refractivity contribution < 1.29 is 24.4 Å². The maximum absolute atomic E-state index is 11.8. The van der Waals surface area contributed by atoms with Crippen LogP contribution in [0.25, 0.3) is 0 Å². The van der Waals surface area contributed by atoms with Crippen molar-refractivity contribution in [2.24, 2.45) is 0 Å². The van der Waals surface area contributed by atoms with Crippen LogP contribution in [0.3, 0.4) is 0 Å². The SMILES string of the molecule is CC(Nc1cc(Br)cnc1[N+](=O)[O-])C(NC(=O)OC(C)(C)C)C(=O)O. The van der Waals surface area contributed by atoms with Gasteiger partial charge in [0.15, 0.2) is 6.20 Å². The molecule has 0 aromatic carbocycles. The van der Waals surface area contributed by atoms with Gasteiger partial charge in [-0.3, -0.25) is 0 Å². The van der Waals surface area contributed by atoms with E-state index < -0.39 is 40.5 Å². The third-order valence-electron chi connectivity index (χ3n) is 2.83. The highest BCUT2D eigenvalue weighted by atomic mass is 79.9. The number of nitrogens with zero attached hydrogens (tertiary/aromatic N) is 2. The van der Waals surface area contributed by atoms with E-state index in [2.05, 4.69) is 31.5 Å². The first kappa shape index (κ1) is 20.6. The summed E-state index contributed by atoms with van der Waals surface area (Å²) in [5.41, 5.74) is -0.777. The molecule has 1 aromatic heterocycles. The number of carbonyl (C=O) groups is 2. The number of halogens is 1. The molecular formula is C14H19BrN4O6. The van der Waals surface area contributed by atoms with Gasteiger partial charge in [-0.15, -0.1) is 0 Å². The minimum Gasteiger partial charge on any atom is -0.480 e. The Kier molecular flexibility index (Phi) is 6.68. The van der Waals surface area contributed by atoms with Crippen molar-refractivity contribution in [1.29, 1.82) is 0 Å². The first-order chi connectivity index (χ1) is 11.4. The summed E-state index contributed by atoms with van der Waals surface area (Å²) in [7, 11) is 0. The molecule has 0 aliphatic carbocycles. The summed E-state index contributed by atoms with van der Waals surface area (Å²) in [6, 6.07) is -0.873. The van der Waals surface area contributed by atoms with E-state index in [0.717, 1.165) is 0 Å². The third-order valence-corrected chi connectivity index (χ3v) is 3.26. The minimum atomic E-state index is -1.38. The Morgan fingerprint density at radius 2 is 2.04 bits per heavy atom. The highest BCUT2D eigenvalue weighted by molar-refractivity contribution is 9.10. The van der Waals surface area contributed by atoms with E-state index >= 15 is 0 Å². The Morgan fingerprint density at radius 1 is 1.44 bits per heavy atom. The van der Waals surface area contributed by atoms with E-state index in [0.29, 0.717) is 4.47 Å². The standard InChI is InChI=1S/C14H19BrN4O6/c1-7(10(12(20)21)18-13(22)25-14(2,3)4)17-9-5-8(15)6-16-11(9)19(23)24/h5-7,10,17H,1-4H3,(H,18,22)(H,20,21). The third kappa shape index (κ3) is 6.53. The van der Waals surface area contributed by atoms with Crippen LogP contribution in [0, 0.1) is 10.1 Å². The zero-order valence-electron chi connectivity index (χ0n) is 14.1. The number of carboxylic acids is 1. The van der Waals surface area contributed by atoms with Crippen LogP contribution in [0.15, 0.2) is 16.7 Å². The molecule has 3 N–H and O–H groups in total. The molecule has 0 spiro atoms. The van der Waals surface area contributed by atoms with E-state index in [1.807, 2.05) is 0 Å². The number of nitrogens with one attached hydrogen (secondary N) is 2. The molecule has 0 saturated carbocycles. The van der Waals surface area contributed by atoms with Crippen LogP contribution in [0.1, 0.15) is 27.7 Å². The number of rotatable bonds is 6. The predicted molar refractivity (Wildman–Crippen MR) is 92.5 cm³/mol. The molecule has 2 unspecified atom stereocenters. The maximum Gasteiger partial charge on any atom is 0.408 e. The summed E-state index contributed by atoms with van der Waals surface area (Å²) in [5, 5.41) is 25.3. The van der Waals surface area contributed by atoms with Gasteiger partial charge in [0.25, 0.3) is 0 Å². The van der Waals surface area contributed by atoms with Crippen LogP contribution >= 0.6 is 15.9 Å². The Hall–Kier alpha value is -2.43. The van der Waals surface area contributed by atoms with Crippen LogP contribution in [-0.4, -0.2) is 44.8 Å². The molecule has 2 atom stereocenters. The van der Waals surface area contributed by atoms with E-state index in [-0.39, 0.29) is 5.69 Å². The van der Waals surface area contributed by atoms with Crippen molar-refractivity contribution in [2.45, 2.75) is 45.4 Å². The van der Waals surface area contributed by atoms with E-state index in [1.54, 1.807) is 20.8 Å². The number of ether oxygens (including phenoxy) is 1. The molecule has 0 radical (unpaired) electrons. The van der Waals surface area contributed by atoms with Gasteiger partial charge in [-0.2, -0.15) is 0 Å². The Bertz CT molecular complexity index is 676. The normalized spacial score (nSPS) is 13.5. The maximum atomic E-state index is 11.8. The molecule has 0 aliphatic rings. The molecule has 138 valence electrons. The number of carboxylic acid groups (broad SMARTS) is 1. The quantitative estimate of drug-likeness (QED) is 0.471. The van der Waals surface area contributed by atoms with E-state index in [4.69, 9.17) is 4.74 Å². The lowest BCUT2D eigenvalue weighted by molar-refractivity contribution is -0.388. The van der Waals surface area contributed by atoms with Gasteiger partial charge in [0.1, 0.15) is 17.3 Å². The zero-order chi connectivity index (χ0) is 19.4. The fraction of sp³-hybridized carbons (Fsp3) is 0.500. The number of nitro groups is 1. The summed E-state index contributed by atoms with van der Waals surface area (Å²) < 4.78 is 5.50. The lowest BCUT2D eigenvalue weighted by Crippen LogP contribution is -2.51. The number of hydrogen-bond donors (Lipinski definition) is 3. The molecule has 0 saturated heterocycles. The summed E-state index contributed by atoms with van der Waals surface area (Å²) in [6.07, 6.45) is 0.345. The lowest BCUT2D eigenvalue weighted by Gasteiger charge is -2.25. The molecule has 1 aromatic rings. The average Bonchev–Trinajstić information content (AvgIpc) is 2.42. The fourth-order valence-electron chi connectivity index (χ4n) is 1.85. The molecule has 0 fully saturated rings. The molecule has 1 heterocycles. The predicted octanol–water partition coefficient (Wildman–Crippen LogP) is 2.53. The van der Waals surface area contributed by atoms with Crippen molar-refractivity contribution >= 4 is 39.5 Å². The Morgan fingerprint density at radius 3 is 2.52 bits per heavy atom. The van der Waals surface area contributed by atoms with Crippen molar-refractivity contribution in [3.8, 4) is 0 Å². The molecule has 0 aliphatic heterocycles. The highest BCUT2D eigenvalue weighted by Gasteiger charge is 2.30. The number of alkyl carbamates (subject to hydrolysis) is 1. The van der Waals surface area contributed by atoms with Gasteiger partial charge in [-0.05, 0) is 59.6 Å². The molecule has 1 amide bonds. The van der Waals surface area contributed by atoms with Crippen molar-refractivity contribution in [3.05, 3.63) is 26.9 Å². The molecular weight excluding hydrogens is 400 g/mol. The van der Waals surface area contributed by atoms with Crippen LogP contribution in [0.4, 0.5) is 16.3 Å². The van der Waals surface area contributed by atoms with Crippen LogP contribution in [0.2, 0.25) is 0 Å². The minimum absolute atomic E-state index is 0.0177. The number of carbonyl (C=O) groups excluding carboxylic acids is 1. The van der Waals surface area contributed by atoms with Gasteiger partial charge < -0.3 is 30.6 Å². The van der Waals surface area contributed by atoms with Gasteiger partial charge in [0.05, 0.1) is 10.5 Å². The molecule has 25 heavy (non-hydrogen) atoms. The largest absolute Gasteiger partial charge is 0.480 e. The highest BCUT2D eigenvalue weighted by Crippen LogP contribution is 2.26. The Balaban J connectivity index is 2.96. The lowest BCUT2D eigenvalue weighted by atomic mass is 10.1. The summed E-state index contributed by atoms with van der Waals surface area (Å²) in [4.78, 5) is 37.3. The molecule has 0 bridgehead atoms. The smallest absolute Gasteiger partial charge is 0.408 e. The topological polar surface area (TPSA) is 144 Å². The fourth-order valence-corrected chi connectivity index (χ4v) is 2.18. The summed E-state index contributed by atoms with van der Waals surface area (Å²) in [5.74, 6) is -1.78. The zero-order valence-corrected chi connectivity index (χ0v) is 15.7. The van der Waals surface area contributed by atoms with Crippen molar-refractivity contribution in [3.63, 3.8) is 0 Å². The molecule has 1 rings (SSSR count). The monoisotopic (exact) mass is 418 g/mol. The second-order valence-corrected chi connectivity index (χ2v) is 7.09. The number of amides is 1. The van der Waals surface area contributed by atoms with Crippen LogP contribution < -0.4 is 10.6 Å². The Labute approximate surface area is 152 Å². The first-order valence-electron chi connectivity index (χ1n) is 7.19. The second-order valence-electron chi connectivity index (χ2n) is 6.18. The van der Waals surface area contributed by atoms with Crippen LogP contribution in [0.5, 0.6) is 0 Å². The van der Waals surface area contributed by atoms with E-state index in [9.17, 15) is 24.8 Å². The van der Waals surface area contributed by atoms with E-state index in [1.165, 1.54) is 19.2 Å². The first-order valence-corrected chi connectivity index (χ1v) is 7.99. The van der Waals surface area contributed by atoms with Crippen molar-refractivity contribution in [1.82, 2.24) is 10.3 Å². The van der Waals surface area contributed by atoms with Gasteiger partial charge in [-0.1, -0.05) is 0 Å².